The fraction of sp³-hybridized carbons (Fsp3) is 1.00. The molecule has 3 nitrogen and oxygen atoms in total. The smallest absolute Gasteiger partial charge is 0.0277 e. The summed E-state index contributed by atoms with van der Waals surface area (Å²) in [5, 5.41) is 3.40. The van der Waals surface area contributed by atoms with Crippen LogP contribution in [0.15, 0.2) is 0 Å². The molecule has 1 rings (SSSR count). The summed E-state index contributed by atoms with van der Waals surface area (Å²) >= 11 is 0. The van der Waals surface area contributed by atoms with Gasteiger partial charge in [-0.1, -0.05) is 6.92 Å². The number of rotatable bonds is 6. The average Bonchev–Trinajstić information content (AvgIpc) is 2.28. The highest BCUT2D eigenvalue weighted by Crippen LogP contribution is 2.21. The fourth-order valence-electron chi connectivity index (χ4n) is 2.54. The SMILES string of the molecule is CCNCCCC(C)N1CCN(C)C(C)(C)C1. The molecule has 0 saturated carbocycles. The van der Waals surface area contributed by atoms with E-state index >= 15 is 0 Å². The average molecular weight is 241 g/mol. The topological polar surface area (TPSA) is 18.5 Å². The molecule has 1 unspecified atom stereocenters. The minimum absolute atomic E-state index is 0.328. The zero-order chi connectivity index (χ0) is 12.9. The molecule has 1 fully saturated rings. The van der Waals surface area contributed by atoms with Gasteiger partial charge < -0.3 is 5.32 Å². The van der Waals surface area contributed by atoms with Gasteiger partial charge in [0.2, 0.25) is 0 Å². The monoisotopic (exact) mass is 241 g/mol. The molecule has 0 aromatic rings. The van der Waals surface area contributed by atoms with Crippen LogP contribution in [-0.4, -0.2) is 61.2 Å². The van der Waals surface area contributed by atoms with E-state index in [2.05, 4.69) is 49.9 Å². The van der Waals surface area contributed by atoms with Crippen LogP contribution in [-0.2, 0) is 0 Å². The molecule has 0 amide bonds. The summed E-state index contributed by atoms with van der Waals surface area (Å²) in [6, 6.07) is 0.724. The van der Waals surface area contributed by atoms with Gasteiger partial charge in [-0.2, -0.15) is 0 Å². The minimum Gasteiger partial charge on any atom is -0.317 e. The summed E-state index contributed by atoms with van der Waals surface area (Å²) in [6.45, 7) is 15.1. The van der Waals surface area contributed by atoms with Crippen LogP contribution in [0.5, 0.6) is 0 Å². The van der Waals surface area contributed by atoms with Crippen LogP contribution in [0.4, 0.5) is 0 Å². The maximum absolute atomic E-state index is 3.40. The number of nitrogens with one attached hydrogen (secondary N) is 1. The lowest BCUT2D eigenvalue weighted by Crippen LogP contribution is -2.59. The van der Waals surface area contributed by atoms with Gasteiger partial charge in [0.05, 0.1) is 0 Å². The van der Waals surface area contributed by atoms with E-state index in [1.165, 1.54) is 32.5 Å². The first-order chi connectivity index (χ1) is 7.97. The first-order valence-corrected chi connectivity index (χ1v) is 7.13. The fourth-order valence-corrected chi connectivity index (χ4v) is 2.54. The number of piperazine rings is 1. The third-order valence-corrected chi connectivity index (χ3v) is 4.19. The second-order valence-corrected chi connectivity index (χ2v) is 6.05. The molecule has 0 spiro atoms. The molecule has 3 heteroatoms. The summed E-state index contributed by atoms with van der Waals surface area (Å²) in [6.07, 6.45) is 2.61. The second kappa shape index (κ2) is 6.72. The van der Waals surface area contributed by atoms with E-state index in [0.29, 0.717) is 5.54 Å². The van der Waals surface area contributed by atoms with Crippen molar-refractivity contribution in [3.05, 3.63) is 0 Å². The Balaban J connectivity index is 2.30. The first kappa shape index (κ1) is 14.9. The van der Waals surface area contributed by atoms with Crippen molar-refractivity contribution in [3.63, 3.8) is 0 Å². The molecular weight excluding hydrogens is 210 g/mol. The van der Waals surface area contributed by atoms with Crippen molar-refractivity contribution >= 4 is 0 Å². The third kappa shape index (κ3) is 4.57. The number of nitrogens with zero attached hydrogens (tertiary/aromatic N) is 2. The molecule has 0 aliphatic carbocycles. The lowest BCUT2D eigenvalue weighted by atomic mass is 9.97. The van der Waals surface area contributed by atoms with Crippen molar-refractivity contribution < 1.29 is 0 Å². The van der Waals surface area contributed by atoms with Crippen molar-refractivity contribution in [3.8, 4) is 0 Å². The molecule has 0 bridgehead atoms. The highest BCUT2D eigenvalue weighted by atomic mass is 15.3. The molecule has 1 atom stereocenters. The maximum Gasteiger partial charge on any atom is 0.0277 e. The van der Waals surface area contributed by atoms with Crippen LogP contribution in [0.25, 0.3) is 0 Å². The van der Waals surface area contributed by atoms with Gasteiger partial charge >= 0.3 is 0 Å². The molecule has 0 radical (unpaired) electrons. The highest BCUT2D eigenvalue weighted by Gasteiger charge is 2.32. The minimum atomic E-state index is 0.328. The maximum atomic E-state index is 3.40. The zero-order valence-electron chi connectivity index (χ0n) is 12.4. The van der Waals surface area contributed by atoms with Crippen molar-refractivity contribution in [2.24, 2.45) is 0 Å². The molecule has 1 N–H and O–H groups in total. The van der Waals surface area contributed by atoms with Gasteiger partial charge in [0, 0.05) is 31.2 Å². The summed E-state index contributed by atoms with van der Waals surface area (Å²) < 4.78 is 0. The normalized spacial score (nSPS) is 23.8. The molecule has 102 valence electrons. The van der Waals surface area contributed by atoms with Gasteiger partial charge in [-0.25, -0.2) is 0 Å². The van der Waals surface area contributed by atoms with Crippen LogP contribution in [0.3, 0.4) is 0 Å². The Morgan fingerprint density at radius 1 is 1.29 bits per heavy atom. The molecule has 1 aliphatic heterocycles. The third-order valence-electron chi connectivity index (χ3n) is 4.19. The summed E-state index contributed by atoms with van der Waals surface area (Å²) in [5.41, 5.74) is 0.328. The second-order valence-electron chi connectivity index (χ2n) is 6.05. The number of hydrogen-bond donors (Lipinski definition) is 1. The van der Waals surface area contributed by atoms with E-state index in [1.54, 1.807) is 0 Å². The summed E-state index contributed by atoms with van der Waals surface area (Å²) in [5.74, 6) is 0. The lowest BCUT2D eigenvalue weighted by Gasteiger charge is -2.47. The van der Waals surface area contributed by atoms with Gasteiger partial charge in [0.25, 0.3) is 0 Å². The van der Waals surface area contributed by atoms with E-state index in [9.17, 15) is 0 Å². The van der Waals surface area contributed by atoms with E-state index in [1.807, 2.05) is 0 Å². The van der Waals surface area contributed by atoms with Gasteiger partial charge in [-0.15, -0.1) is 0 Å². The van der Waals surface area contributed by atoms with E-state index in [-0.39, 0.29) is 0 Å². The lowest BCUT2D eigenvalue weighted by molar-refractivity contribution is 0.0185. The summed E-state index contributed by atoms with van der Waals surface area (Å²) in [7, 11) is 2.24. The molecule has 1 aliphatic rings. The standard InChI is InChI=1S/C14H31N3/c1-6-15-9-7-8-13(2)17-11-10-16(5)14(3,4)12-17/h13,15H,6-12H2,1-5H3. The van der Waals surface area contributed by atoms with Crippen LogP contribution in [0.2, 0.25) is 0 Å². The zero-order valence-corrected chi connectivity index (χ0v) is 12.4. The van der Waals surface area contributed by atoms with Crippen molar-refractivity contribution in [1.29, 1.82) is 0 Å². The van der Waals surface area contributed by atoms with E-state index in [0.717, 1.165) is 19.1 Å². The molecular formula is C14H31N3. The van der Waals surface area contributed by atoms with Crippen LogP contribution in [0.1, 0.15) is 40.5 Å². The Labute approximate surface area is 108 Å². The van der Waals surface area contributed by atoms with Crippen molar-refractivity contribution in [1.82, 2.24) is 15.1 Å². The first-order valence-electron chi connectivity index (χ1n) is 7.13. The number of hydrogen-bond acceptors (Lipinski definition) is 3. The largest absolute Gasteiger partial charge is 0.317 e. The van der Waals surface area contributed by atoms with Gasteiger partial charge in [0.15, 0.2) is 0 Å². The van der Waals surface area contributed by atoms with Gasteiger partial charge in [-0.3, -0.25) is 9.80 Å². The molecule has 0 aromatic carbocycles. The van der Waals surface area contributed by atoms with Crippen LogP contribution >= 0.6 is 0 Å². The van der Waals surface area contributed by atoms with Crippen LogP contribution < -0.4 is 5.32 Å². The van der Waals surface area contributed by atoms with E-state index in [4.69, 9.17) is 0 Å². The van der Waals surface area contributed by atoms with Gasteiger partial charge in [-0.05, 0) is 53.8 Å². The Hall–Kier alpha value is -0.120. The Kier molecular flexibility index (Phi) is 5.90. The predicted molar refractivity (Wildman–Crippen MR) is 75.5 cm³/mol. The highest BCUT2D eigenvalue weighted by molar-refractivity contribution is 4.89. The Morgan fingerprint density at radius 3 is 2.59 bits per heavy atom. The molecule has 1 heterocycles. The quantitative estimate of drug-likeness (QED) is 0.715. The molecule has 1 saturated heterocycles. The number of likely N-dealkylation sites (N-methyl/N-ethyl adjacent to an activating group) is 1. The molecule has 0 aromatic heterocycles. The Bertz CT molecular complexity index is 216. The Morgan fingerprint density at radius 2 is 2.00 bits per heavy atom. The molecule has 17 heavy (non-hydrogen) atoms. The van der Waals surface area contributed by atoms with Crippen LogP contribution in [0, 0.1) is 0 Å². The van der Waals surface area contributed by atoms with Gasteiger partial charge in [0.1, 0.15) is 0 Å². The predicted octanol–water partition coefficient (Wildman–Crippen LogP) is 1.79. The summed E-state index contributed by atoms with van der Waals surface area (Å²) in [4.78, 5) is 5.14. The van der Waals surface area contributed by atoms with Crippen molar-refractivity contribution in [2.45, 2.75) is 52.1 Å². The van der Waals surface area contributed by atoms with E-state index < -0.39 is 0 Å². The van der Waals surface area contributed by atoms with Crippen molar-refractivity contribution in [2.75, 3.05) is 39.8 Å².